The van der Waals surface area contributed by atoms with Crippen LogP contribution >= 0.6 is 0 Å². The molecule has 0 saturated heterocycles. The Hall–Kier alpha value is -1.91. The Labute approximate surface area is 111 Å². The molecule has 5 nitrogen and oxygen atoms in total. The minimum Gasteiger partial charge on any atom is -0.320 e. The van der Waals surface area contributed by atoms with E-state index in [9.17, 15) is 14.9 Å². The highest BCUT2D eigenvalue weighted by atomic mass is 16.6. The highest BCUT2D eigenvalue weighted by Crippen LogP contribution is 2.54. The van der Waals surface area contributed by atoms with Crippen molar-refractivity contribution in [3.63, 3.8) is 0 Å². The molecule has 2 fully saturated rings. The number of rotatable bonds is 3. The molecule has 2 unspecified atom stereocenters. The number of nitrogens with one attached hydrogen (secondary N) is 1. The fourth-order valence-electron chi connectivity index (χ4n) is 3.06. The van der Waals surface area contributed by atoms with Gasteiger partial charge in [-0.15, -0.1) is 0 Å². The average Bonchev–Trinajstić information content (AvgIpc) is 2.98. The van der Waals surface area contributed by atoms with Crippen LogP contribution in [0.4, 0.5) is 11.4 Å². The summed E-state index contributed by atoms with van der Waals surface area (Å²) in [5.41, 5.74) is 1.09. The standard InChI is InChI=1S/C14H16N2O3/c1-8-2-3-12(13(4-8)16(18)19)15-14(17)11-6-9-5-10(9)7-11/h2-4,9-11H,5-7H2,1H3,(H,15,17). The minimum absolute atomic E-state index is 0.0310. The van der Waals surface area contributed by atoms with Crippen molar-refractivity contribution in [2.45, 2.75) is 26.2 Å². The molecule has 1 amide bonds. The second kappa shape index (κ2) is 4.33. The van der Waals surface area contributed by atoms with Crippen LogP contribution in [-0.2, 0) is 4.79 Å². The van der Waals surface area contributed by atoms with Crippen LogP contribution in [0.3, 0.4) is 0 Å². The molecule has 0 radical (unpaired) electrons. The van der Waals surface area contributed by atoms with Gasteiger partial charge >= 0.3 is 0 Å². The van der Waals surface area contributed by atoms with Crippen molar-refractivity contribution < 1.29 is 9.72 Å². The van der Waals surface area contributed by atoms with Crippen molar-refractivity contribution in [1.29, 1.82) is 0 Å². The van der Waals surface area contributed by atoms with Gasteiger partial charge < -0.3 is 5.32 Å². The first-order chi connectivity index (χ1) is 9.04. The third kappa shape index (κ3) is 2.32. The number of nitro benzene ring substituents is 1. The summed E-state index contributed by atoms with van der Waals surface area (Å²) in [7, 11) is 0. The fourth-order valence-corrected chi connectivity index (χ4v) is 3.06. The molecule has 1 aromatic rings. The van der Waals surface area contributed by atoms with E-state index < -0.39 is 4.92 Å². The second-order valence-electron chi connectivity index (χ2n) is 5.69. The monoisotopic (exact) mass is 260 g/mol. The van der Waals surface area contributed by atoms with Crippen LogP contribution in [-0.4, -0.2) is 10.8 Å². The Kier molecular flexibility index (Phi) is 2.77. The van der Waals surface area contributed by atoms with Gasteiger partial charge in [0.2, 0.25) is 5.91 Å². The highest BCUT2D eigenvalue weighted by Gasteiger charge is 2.48. The molecule has 0 aromatic heterocycles. The van der Waals surface area contributed by atoms with Gasteiger partial charge in [0.05, 0.1) is 4.92 Å². The molecule has 2 aliphatic carbocycles. The Balaban J connectivity index is 1.75. The van der Waals surface area contributed by atoms with Gasteiger partial charge in [-0.3, -0.25) is 14.9 Å². The number of aryl methyl sites for hydroxylation is 1. The number of benzene rings is 1. The number of amides is 1. The lowest BCUT2D eigenvalue weighted by Crippen LogP contribution is -2.22. The minimum atomic E-state index is -0.450. The zero-order valence-corrected chi connectivity index (χ0v) is 10.8. The molecular formula is C14H16N2O3. The number of hydrogen-bond donors (Lipinski definition) is 1. The molecule has 1 aromatic carbocycles. The fraction of sp³-hybridized carbons (Fsp3) is 0.500. The number of hydrogen-bond acceptors (Lipinski definition) is 3. The van der Waals surface area contributed by atoms with Crippen LogP contribution in [0.2, 0.25) is 0 Å². The lowest BCUT2D eigenvalue weighted by Gasteiger charge is -2.12. The summed E-state index contributed by atoms with van der Waals surface area (Å²) in [6.07, 6.45) is 3.14. The van der Waals surface area contributed by atoms with Crippen LogP contribution in [0.15, 0.2) is 18.2 Å². The zero-order valence-electron chi connectivity index (χ0n) is 10.8. The summed E-state index contributed by atoms with van der Waals surface area (Å²) in [6.45, 7) is 1.79. The predicted molar refractivity (Wildman–Crippen MR) is 70.8 cm³/mol. The summed E-state index contributed by atoms with van der Waals surface area (Å²) >= 11 is 0. The smallest absolute Gasteiger partial charge is 0.293 e. The van der Waals surface area contributed by atoms with Gasteiger partial charge in [0.15, 0.2) is 0 Å². The number of carbonyl (C=O) groups excluding carboxylic acids is 1. The van der Waals surface area contributed by atoms with Crippen LogP contribution in [0.5, 0.6) is 0 Å². The molecule has 2 aliphatic rings. The summed E-state index contributed by atoms with van der Waals surface area (Å²) in [5.74, 6) is 1.41. The second-order valence-corrected chi connectivity index (χ2v) is 5.69. The SMILES string of the molecule is Cc1ccc(NC(=O)C2CC3CC3C2)c([N+](=O)[O-])c1. The number of carbonyl (C=O) groups is 1. The van der Waals surface area contributed by atoms with E-state index in [-0.39, 0.29) is 17.5 Å². The predicted octanol–water partition coefficient (Wildman–Crippen LogP) is 2.89. The number of fused-ring (bicyclic) bond motifs is 1. The first-order valence-electron chi connectivity index (χ1n) is 6.60. The van der Waals surface area contributed by atoms with Crippen molar-refractivity contribution in [2.24, 2.45) is 17.8 Å². The van der Waals surface area contributed by atoms with E-state index in [0.29, 0.717) is 5.69 Å². The van der Waals surface area contributed by atoms with Crippen LogP contribution in [0.25, 0.3) is 0 Å². The topological polar surface area (TPSA) is 72.2 Å². The molecule has 2 atom stereocenters. The van der Waals surface area contributed by atoms with Crippen LogP contribution in [0.1, 0.15) is 24.8 Å². The summed E-state index contributed by atoms with van der Waals surface area (Å²) in [5, 5.41) is 13.7. The summed E-state index contributed by atoms with van der Waals surface area (Å²) in [6, 6.07) is 4.87. The van der Waals surface area contributed by atoms with Gasteiger partial charge in [-0.1, -0.05) is 6.07 Å². The van der Waals surface area contributed by atoms with Crippen molar-refractivity contribution in [2.75, 3.05) is 5.32 Å². The van der Waals surface area contributed by atoms with E-state index in [2.05, 4.69) is 5.32 Å². The van der Waals surface area contributed by atoms with Crippen LogP contribution in [0, 0.1) is 34.8 Å². The number of anilines is 1. The Bertz CT molecular complexity index is 546. The number of nitrogens with zero attached hydrogens (tertiary/aromatic N) is 1. The average molecular weight is 260 g/mol. The van der Waals surface area contributed by atoms with E-state index in [1.807, 2.05) is 0 Å². The third-order valence-electron chi connectivity index (χ3n) is 4.22. The van der Waals surface area contributed by atoms with Gasteiger partial charge in [-0.25, -0.2) is 0 Å². The summed E-state index contributed by atoms with van der Waals surface area (Å²) < 4.78 is 0. The lowest BCUT2D eigenvalue weighted by molar-refractivity contribution is -0.384. The number of nitro groups is 1. The van der Waals surface area contributed by atoms with Gasteiger partial charge in [-0.05, 0) is 49.7 Å². The first kappa shape index (κ1) is 12.1. The van der Waals surface area contributed by atoms with Gasteiger partial charge in [-0.2, -0.15) is 0 Å². The molecule has 3 rings (SSSR count). The maximum Gasteiger partial charge on any atom is 0.293 e. The van der Waals surface area contributed by atoms with E-state index in [4.69, 9.17) is 0 Å². The molecule has 0 heterocycles. The van der Waals surface area contributed by atoms with E-state index in [1.54, 1.807) is 19.1 Å². The molecule has 5 heteroatoms. The Morgan fingerprint density at radius 2 is 2.00 bits per heavy atom. The molecule has 0 spiro atoms. The molecular weight excluding hydrogens is 244 g/mol. The molecule has 2 saturated carbocycles. The van der Waals surface area contributed by atoms with E-state index >= 15 is 0 Å². The highest BCUT2D eigenvalue weighted by molar-refractivity contribution is 5.95. The van der Waals surface area contributed by atoms with Crippen molar-refractivity contribution in [3.8, 4) is 0 Å². The molecule has 1 N–H and O–H groups in total. The lowest BCUT2D eigenvalue weighted by atomic mass is 10.0. The quantitative estimate of drug-likeness (QED) is 0.671. The van der Waals surface area contributed by atoms with E-state index in [1.165, 1.54) is 12.5 Å². The maximum atomic E-state index is 12.1. The van der Waals surface area contributed by atoms with Crippen molar-refractivity contribution in [1.82, 2.24) is 0 Å². The Morgan fingerprint density at radius 3 is 2.63 bits per heavy atom. The largest absolute Gasteiger partial charge is 0.320 e. The first-order valence-corrected chi connectivity index (χ1v) is 6.60. The van der Waals surface area contributed by atoms with Crippen LogP contribution < -0.4 is 5.32 Å². The normalized spacial score (nSPS) is 27.7. The zero-order chi connectivity index (χ0) is 13.6. The van der Waals surface area contributed by atoms with Gasteiger partial charge in [0.25, 0.3) is 5.69 Å². The molecule has 0 bridgehead atoms. The van der Waals surface area contributed by atoms with Crippen molar-refractivity contribution >= 4 is 17.3 Å². The van der Waals surface area contributed by atoms with E-state index in [0.717, 1.165) is 30.2 Å². The maximum absolute atomic E-state index is 12.1. The summed E-state index contributed by atoms with van der Waals surface area (Å²) in [4.78, 5) is 22.6. The van der Waals surface area contributed by atoms with Gasteiger partial charge in [0.1, 0.15) is 5.69 Å². The molecule has 0 aliphatic heterocycles. The van der Waals surface area contributed by atoms with Crippen molar-refractivity contribution in [3.05, 3.63) is 33.9 Å². The Morgan fingerprint density at radius 1 is 1.32 bits per heavy atom. The molecule has 100 valence electrons. The molecule has 19 heavy (non-hydrogen) atoms. The van der Waals surface area contributed by atoms with Gasteiger partial charge in [0, 0.05) is 12.0 Å². The third-order valence-corrected chi connectivity index (χ3v) is 4.22.